The third kappa shape index (κ3) is 5.24. The molecule has 0 aliphatic heterocycles. The van der Waals surface area contributed by atoms with Crippen LogP contribution in [0, 0.1) is 28.6 Å². The van der Waals surface area contributed by atoms with Gasteiger partial charge in [-0.2, -0.15) is 0 Å². The van der Waals surface area contributed by atoms with E-state index in [4.69, 9.17) is 9.84 Å². The van der Waals surface area contributed by atoms with Crippen molar-refractivity contribution >= 4 is 17.7 Å². The Morgan fingerprint density at radius 2 is 1.81 bits per heavy atom. The molecule has 3 fully saturated rings. The Labute approximate surface area is 217 Å². The van der Waals surface area contributed by atoms with Crippen LogP contribution in [0.4, 0.5) is 0 Å². The van der Waals surface area contributed by atoms with Gasteiger partial charge in [-0.25, -0.2) is 0 Å². The summed E-state index contributed by atoms with van der Waals surface area (Å²) in [6.07, 6.45) is 2.74. The highest BCUT2D eigenvalue weighted by molar-refractivity contribution is 5.91. The molecule has 9 nitrogen and oxygen atoms in total. The number of fused-ring (bicyclic) bond motifs is 5. The van der Waals surface area contributed by atoms with Crippen molar-refractivity contribution in [2.75, 3.05) is 6.61 Å². The van der Waals surface area contributed by atoms with Gasteiger partial charge in [-0.05, 0) is 67.8 Å². The summed E-state index contributed by atoms with van der Waals surface area (Å²) in [5, 5.41) is 51.5. The fourth-order valence-corrected chi connectivity index (χ4v) is 8.46. The number of aliphatic carboxylic acids is 1. The number of carboxylic acids is 1. The molecule has 0 spiro atoms. The first kappa shape index (κ1) is 28.2. The van der Waals surface area contributed by atoms with Crippen molar-refractivity contribution < 1.29 is 44.7 Å². The van der Waals surface area contributed by atoms with Gasteiger partial charge in [-0.1, -0.05) is 19.4 Å². The van der Waals surface area contributed by atoms with E-state index in [9.17, 15) is 34.8 Å². The maximum absolute atomic E-state index is 12.2. The molecule has 4 aliphatic rings. The van der Waals surface area contributed by atoms with Gasteiger partial charge in [0.05, 0.1) is 43.4 Å². The van der Waals surface area contributed by atoms with E-state index in [1.807, 2.05) is 6.08 Å². The van der Waals surface area contributed by atoms with Crippen molar-refractivity contribution in [3.63, 3.8) is 0 Å². The van der Waals surface area contributed by atoms with Gasteiger partial charge >= 0.3 is 11.9 Å². The number of aliphatic hydroxyl groups excluding tert-OH is 3. The smallest absolute Gasteiger partial charge is 0.308 e. The lowest BCUT2D eigenvalue weighted by atomic mass is 9.45. The Kier molecular flexibility index (Phi) is 7.92. The minimum atomic E-state index is -1.25. The predicted molar refractivity (Wildman–Crippen MR) is 132 cm³/mol. The number of ketones is 1. The first-order valence-corrected chi connectivity index (χ1v) is 13.7. The second kappa shape index (κ2) is 10.4. The molecule has 0 heterocycles. The van der Waals surface area contributed by atoms with Crippen LogP contribution in [0.1, 0.15) is 84.5 Å². The van der Waals surface area contributed by atoms with Crippen molar-refractivity contribution in [3.05, 3.63) is 11.6 Å². The Morgan fingerprint density at radius 1 is 1.11 bits per heavy atom. The van der Waals surface area contributed by atoms with Gasteiger partial charge in [0, 0.05) is 24.7 Å². The van der Waals surface area contributed by atoms with Crippen LogP contribution in [-0.4, -0.2) is 73.8 Å². The summed E-state index contributed by atoms with van der Waals surface area (Å²) < 4.78 is 5.30. The molecule has 0 bridgehead atoms. The van der Waals surface area contributed by atoms with Crippen LogP contribution >= 0.6 is 0 Å². The molecule has 0 aromatic rings. The second-order valence-electron chi connectivity index (χ2n) is 12.5. The molecule has 0 aromatic heterocycles. The maximum atomic E-state index is 12.2. The Morgan fingerprint density at radius 3 is 2.51 bits per heavy atom. The normalized spacial score (nSPS) is 40.6. The highest BCUT2D eigenvalue weighted by Gasteiger charge is 2.66. The second-order valence-corrected chi connectivity index (χ2v) is 12.5. The number of carboxylic acid groups (broad SMARTS) is 1. The number of carbonyl (C=O) groups is 3. The van der Waals surface area contributed by atoms with E-state index in [-0.39, 0.29) is 54.8 Å². The summed E-state index contributed by atoms with van der Waals surface area (Å²) >= 11 is 0. The van der Waals surface area contributed by atoms with Crippen molar-refractivity contribution in [1.29, 1.82) is 0 Å². The van der Waals surface area contributed by atoms with Gasteiger partial charge < -0.3 is 30.3 Å². The van der Waals surface area contributed by atoms with E-state index in [0.29, 0.717) is 19.3 Å². The molecule has 4 rings (SSSR count). The summed E-state index contributed by atoms with van der Waals surface area (Å²) in [6, 6.07) is 0. The van der Waals surface area contributed by atoms with Gasteiger partial charge in [0.15, 0.2) is 5.78 Å². The molecule has 0 aromatic carbocycles. The molecule has 5 N–H and O–H groups in total. The molecule has 3 saturated carbocycles. The van der Waals surface area contributed by atoms with E-state index in [1.165, 1.54) is 5.57 Å². The van der Waals surface area contributed by atoms with E-state index in [1.54, 1.807) is 0 Å². The minimum Gasteiger partial charge on any atom is -0.481 e. The number of hydrogen-bond acceptors (Lipinski definition) is 8. The fraction of sp³-hybridized carbons (Fsp3) is 0.821. The van der Waals surface area contributed by atoms with Gasteiger partial charge in [0.2, 0.25) is 0 Å². The van der Waals surface area contributed by atoms with Crippen molar-refractivity contribution in [2.24, 2.45) is 28.6 Å². The fourth-order valence-electron chi connectivity index (χ4n) is 8.46. The van der Waals surface area contributed by atoms with Gasteiger partial charge in [-0.3, -0.25) is 14.4 Å². The first-order chi connectivity index (χ1) is 17.3. The van der Waals surface area contributed by atoms with E-state index in [0.717, 1.165) is 25.7 Å². The van der Waals surface area contributed by atoms with Crippen molar-refractivity contribution in [1.82, 2.24) is 0 Å². The molecule has 208 valence electrons. The lowest BCUT2D eigenvalue weighted by Crippen LogP contribution is -2.60. The molecule has 9 atom stereocenters. The Bertz CT molecular complexity index is 946. The van der Waals surface area contributed by atoms with Crippen molar-refractivity contribution in [2.45, 2.75) is 108 Å². The van der Waals surface area contributed by atoms with Crippen LogP contribution in [0.5, 0.6) is 0 Å². The number of esters is 1. The molecule has 4 unspecified atom stereocenters. The molecule has 9 heteroatoms. The zero-order chi connectivity index (χ0) is 27.2. The lowest BCUT2D eigenvalue weighted by Gasteiger charge is -2.60. The third-order valence-electron chi connectivity index (χ3n) is 10.4. The Hall–Kier alpha value is -1.81. The molecule has 4 aliphatic carbocycles. The Balaban J connectivity index is 1.36. The van der Waals surface area contributed by atoms with Crippen LogP contribution in [0.3, 0.4) is 0 Å². The number of ether oxygens (including phenoxy) is 1. The van der Waals surface area contributed by atoms with Crippen LogP contribution in [0.15, 0.2) is 11.6 Å². The molecular formula is C28H42O9. The molecule has 0 radical (unpaired) electrons. The highest BCUT2D eigenvalue weighted by Crippen LogP contribution is 2.68. The average molecular weight is 523 g/mol. The zero-order valence-corrected chi connectivity index (χ0v) is 21.9. The van der Waals surface area contributed by atoms with Crippen LogP contribution in [0.2, 0.25) is 0 Å². The molecule has 0 amide bonds. The zero-order valence-electron chi connectivity index (χ0n) is 21.9. The van der Waals surface area contributed by atoms with Crippen LogP contribution < -0.4 is 0 Å². The largest absolute Gasteiger partial charge is 0.481 e. The topological polar surface area (TPSA) is 162 Å². The number of rotatable bonds is 9. The predicted octanol–water partition coefficient (Wildman–Crippen LogP) is 2.13. The summed E-state index contributed by atoms with van der Waals surface area (Å²) in [5.41, 5.74) is -0.639. The van der Waals surface area contributed by atoms with Gasteiger partial charge in [0.25, 0.3) is 0 Å². The molecule has 37 heavy (non-hydrogen) atoms. The number of carbonyl (C=O) groups excluding carboxylic acids is 2. The summed E-state index contributed by atoms with van der Waals surface area (Å²) in [6.45, 7) is 4.22. The standard InChI is InChI=1S/C28H42O9/c1-26-7-5-17(29)11-16(26)3-4-20-21-6-8-28(36,27(21,2)15-22(32)25(20)26)9-10-37-24(35)14-19(31)12-18(30)13-23(33)34/h11,18-22,25,30-32,36H,3-10,12-15H2,1-2H3,(H,33,34)/t18-,19+,20?,21?,22?,25?,26-,27-,28-/m0/s1. The number of allylic oxidation sites excluding steroid dienone is 1. The summed E-state index contributed by atoms with van der Waals surface area (Å²) in [4.78, 5) is 34.9. The van der Waals surface area contributed by atoms with Gasteiger partial charge in [-0.15, -0.1) is 0 Å². The molecule has 0 saturated heterocycles. The number of aliphatic hydroxyl groups is 4. The lowest BCUT2D eigenvalue weighted by molar-refractivity contribution is -0.178. The maximum Gasteiger partial charge on any atom is 0.308 e. The van der Waals surface area contributed by atoms with E-state index < -0.39 is 47.7 Å². The van der Waals surface area contributed by atoms with Crippen LogP contribution in [0.25, 0.3) is 0 Å². The molecular weight excluding hydrogens is 480 g/mol. The summed E-state index contributed by atoms with van der Waals surface area (Å²) in [5.74, 6) is -1.13. The number of hydrogen-bond donors (Lipinski definition) is 5. The monoisotopic (exact) mass is 522 g/mol. The highest BCUT2D eigenvalue weighted by atomic mass is 16.5. The van der Waals surface area contributed by atoms with Crippen LogP contribution in [-0.2, 0) is 19.1 Å². The van der Waals surface area contributed by atoms with Gasteiger partial charge in [0.1, 0.15) is 0 Å². The minimum absolute atomic E-state index is 0.0288. The third-order valence-corrected chi connectivity index (χ3v) is 10.4. The van der Waals surface area contributed by atoms with Crippen molar-refractivity contribution in [3.8, 4) is 0 Å². The van der Waals surface area contributed by atoms with E-state index >= 15 is 0 Å². The average Bonchev–Trinajstić information content (AvgIpc) is 3.03. The first-order valence-electron chi connectivity index (χ1n) is 13.7. The quantitative estimate of drug-likeness (QED) is 0.286. The SMILES string of the molecule is C[C@]12CCC(=O)C=C1CCC1C2C(O)C[C@@]2(C)C1CC[C@]2(O)CCOC(=O)C[C@H](O)C[C@H](O)CC(=O)O. The van der Waals surface area contributed by atoms with E-state index in [2.05, 4.69) is 13.8 Å². The summed E-state index contributed by atoms with van der Waals surface area (Å²) in [7, 11) is 0.